The molecule has 0 saturated heterocycles. The van der Waals surface area contributed by atoms with Crippen LogP contribution >= 0.6 is 0 Å². The monoisotopic (exact) mass is 629 g/mol. The van der Waals surface area contributed by atoms with Crippen LogP contribution in [0.5, 0.6) is 23.0 Å². The summed E-state index contributed by atoms with van der Waals surface area (Å²) in [4.78, 5) is 9.13. The zero-order valence-electron chi connectivity index (χ0n) is 18.0. The van der Waals surface area contributed by atoms with Gasteiger partial charge in [-0.25, -0.2) is 0 Å². The van der Waals surface area contributed by atoms with E-state index in [1.807, 2.05) is 0 Å². The molecule has 3 rings (SSSR count). The van der Waals surface area contributed by atoms with Crippen LogP contribution in [0.1, 0.15) is 50.7 Å². The van der Waals surface area contributed by atoms with E-state index in [0.717, 1.165) is 25.7 Å². The number of aliphatic imine (C=N–C) groups is 2. The van der Waals surface area contributed by atoms with Crippen LogP contribution in [0.25, 0.3) is 0 Å². The first-order valence-corrected chi connectivity index (χ1v) is 10.1. The third-order valence-electron chi connectivity index (χ3n) is 4.60. The molecule has 1 radical (unpaired) electrons. The maximum atomic E-state index is 9.88. The quantitative estimate of drug-likeness (QED) is 0.201. The van der Waals surface area contributed by atoms with Gasteiger partial charge in [-0.15, -0.1) is 0 Å². The fourth-order valence-corrected chi connectivity index (χ4v) is 3.10. The van der Waals surface area contributed by atoms with Crippen molar-refractivity contribution in [3.63, 3.8) is 0 Å². The molecule has 0 unspecified atom stereocenters. The second kappa shape index (κ2) is 15.6. The predicted molar refractivity (Wildman–Crippen MR) is 118 cm³/mol. The van der Waals surface area contributed by atoms with Crippen LogP contribution in [0.3, 0.4) is 0 Å². The van der Waals surface area contributed by atoms with E-state index in [9.17, 15) is 20.4 Å². The topological polar surface area (TPSA) is 126 Å². The molecule has 2 aromatic rings. The number of aliphatic hydroxyl groups is 1. The van der Waals surface area contributed by atoms with Crippen molar-refractivity contribution in [1.82, 2.24) is 0 Å². The van der Waals surface area contributed by atoms with Gasteiger partial charge in [0.15, 0.2) is 23.0 Å². The van der Waals surface area contributed by atoms with Gasteiger partial charge in [0.05, 0.1) is 12.1 Å². The van der Waals surface area contributed by atoms with Crippen LogP contribution in [0.2, 0.25) is 0 Å². The minimum atomic E-state index is -0.184. The first kappa shape index (κ1) is 30.8. The Bertz CT molecular complexity index is 820. The van der Waals surface area contributed by atoms with Gasteiger partial charge in [0, 0.05) is 87.1 Å². The van der Waals surface area contributed by atoms with Crippen LogP contribution in [-0.2, 0) is 17.1 Å². The van der Waals surface area contributed by atoms with Crippen molar-refractivity contribution in [3.8, 4) is 23.0 Å². The van der Waals surface area contributed by atoms with Gasteiger partial charge in [-0.3, -0.25) is 9.98 Å². The Morgan fingerprint density at radius 3 is 1.47 bits per heavy atom. The van der Waals surface area contributed by atoms with E-state index in [-0.39, 0.29) is 98.6 Å². The second-order valence-electron chi connectivity index (χ2n) is 7.50. The van der Waals surface area contributed by atoms with Crippen molar-refractivity contribution in [2.75, 3.05) is 0 Å². The van der Waals surface area contributed by atoms with Gasteiger partial charge < -0.3 is 25.5 Å². The molecule has 2 atom stereocenters. The molecule has 0 amide bonds. The van der Waals surface area contributed by atoms with Crippen LogP contribution < -0.4 is 0 Å². The molecule has 0 aliphatic heterocycles. The van der Waals surface area contributed by atoms with Gasteiger partial charge in [-0.1, -0.05) is 25.0 Å². The normalized spacial score (nSPS) is 18.0. The van der Waals surface area contributed by atoms with Crippen LogP contribution in [-0.4, -0.2) is 56.1 Å². The Morgan fingerprint density at radius 2 is 1.12 bits per heavy atom. The van der Waals surface area contributed by atoms with Crippen molar-refractivity contribution < 1.29 is 83.0 Å². The summed E-state index contributed by atoms with van der Waals surface area (Å²) in [5.74, 6) is -0.716. The van der Waals surface area contributed by atoms with Crippen LogP contribution in [0, 0.1) is 40.4 Å². The molecule has 179 valence electrons. The number of phenolic OH excluding ortho intramolecular Hbond substituents is 4. The number of para-hydroxylation sites is 2. The molecule has 9 heteroatoms. The minimum absolute atomic E-state index is 0. The van der Waals surface area contributed by atoms with E-state index >= 15 is 0 Å². The molecule has 32 heavy (non-hydrogen) atoms. The van der Waals surface area contributed by atoms with Gasteiger partial charge >= 0.3 is 0 Å². The molecule has 0 bridgehead atoms. The summed E-state index contributed by atoms with van der Waals surface area (Å²) in [6, 6.07) is 9.43. The van der Waals surface area contributed by atoms with Gasteiger partial charge in [0.1, 0.15) is 0 Å². The third-order valence-corrected chi connectivity index (χ3v) is 4.60. The van der Waals surface area contributed by atoms with Crippen molar-refractivity contribution >= 4 is 12.4 Å². The van der Waals surface area contributed by atoms with E-state index in [1.165, 1.54) is 12.1 Å². The zero-order chi connectivity index (χ0) is 22.1. The first-order chi connectivity index (χ1) is 14.3. The van der Waals surface area contributed by atoms with Crippen molar-refractivity contribution in [1.29, 1.82) is 0 Å². The van der Waals surface area contributed by atoms with Crippen molar-refractivity contribution in [2.45, 2.75) is 57.7 Å². The number of nitrogens with zero attached hydrogens (tertiary/aromatic N) is 2. The summed E-state index contributed by atoms with van der Waals surface area (Å²) >= 11 is 0. The standard InChI is InChI=1S/C20H22N2O4.C3H8O.Cu.Sm/c23-17-9-3-5-13(19(17)25)11-21-15-7-1-2-8-16(15)22-12-14-6-4-10-18(24)20(14)26;1-3(2)4;;/h3-6,9-12,15-16,23-26H,1-2,7-8H2;3-4H,1-2H3;;/t15-,16-;;;/m1.../s1. The van der Waals surface area contributed by atoms with Crippen LogP contribution in [0.4, 0.5) is 0 Å². The third kappa shape index (κ3) is 9.74. The molecule has 7 nitrogen and oxygen atoms in total. The Kier molecular flexibility index (Phi) is 15.0. The molecule has 1 aliphatic rings. The Labute approximate surface area is 231 Å². The van der Waals surface area contributed by atoms with Gasteiger partial charge in [-0.05, 0) is 51.0 Å². The van der Waals surface area contributed by atoms with E-state index in [1.54, 1.807) is 50.5 Å². The number of hydrogen-bond acceptors (Lipinski definition) is 7. The van der Waals surface area contributed by atoms with Crippen molar-refractivity contribution in [2.24, 2.45) is 9.98 Å². The Hall–Kier alpha value is -1.20. The molecule has 1 saturated carbocycles. The molecule has 1 aliphatic carbocycles. The molecule has 0 heterocycles. The number of rotatable bonds is 4. The van der Waals surface area contributed by atoms with Gasteiger partial charge in [0.2, 0.25) is 0 Å². The molecule has 5 N–H and O–H groups in total. The Balaban J connectivity index is 0.00000148. The molecule has 1 fully saturated rings. The summed E-state index contributed by atoms with van der Waals surface area (Å²) in [6.07, 6.45) is 6.84. The summed E-state index contributed by atoms with van der Waals surface area (Å²) in [5.41, 5.74) is 0.924. The maximum Gasteiger partial charge on any atom is 0.166 e. The van der Waals surface area contributed by atoms with Gasteiger partial charge in [-0.2, -0.15) is 0 Å². The largest absolute Gasteiger partial charge is 0.504 e. The predicted octanol–water partition coefficient (Wildman–Crippen LogP) is 3.74. The average Bonchev–Trinajstić information content (AvgIpc) is 2.70. The second-order valence-corrected chi connectivity index (χ2v) is 7.50. The fraction of sp³-hybridized carbons (Fsp3) is 0.391. The maximum absolute atomic E-state index is 9.88. The smallest absolute Gasteiger partial charge is 0.166 e. The molecular formula is C23H30CuN2O5Sm. The van der Waals surface area contributed by atoms with E-state index in [0.29, 0.717) is 11.1 Å². The first-order valence-electron chi connectivity index (χ1n) is 10.1. The van der Waals surface area contributed by atoms with Crippen molar-refractivity contribution in [3.05, 3.63) is 47.5 Å². The summed E-state index contributed by atoms with van der Waals surface area (Å²) in [6.45, 7) is 3.44. The molecule has 0 aromatic heterocycles. The SMILES string of the molecule is CC(C)O.Oc1cccc(C=N[C@@H]2CCCC[C@H]2N=Cc2cccc(O)c2O)c1O.[Cu].[Sm]. The fourth-order valence-electron chi connectivity index (χ4n) is 3.10. The van der Waals surface area contributed by atoms with E-state index in [4.69, 9.17) is 5.11 Å². The number of benzene rings is 2. The van der Waals surface area contributed by atoms with Crippen LogP contribution in [0.15, 0.2) is 46.4 Å². The molecule has 0 spiro atoms. The summed E-state index contributed by atoms with van der Waals surface area (Å²) in [7, 11) is 0. The Morgan fingerprint density at radius 1 is 0.781 bits per heavy atom. The van der Waals surface area contributed by atoms with E-state index in [2.05, 4.69) is 9.98 Å². The molecule has 2 aromatic carbocycles. The number of hydrogen-bond donors (Lipinski definition) is 5. The van der Waals surface area contributed by atoms with E-state index < -0.39 is 0 Å². The zero-order valence-corrected chi connectivity index (χ0v) is 21.6. The average molecular weight is 628 g/mol. The molecular weight excluding hydrogens is 598 g/mol. The minimum Gasteiger partial charge on any atom is -0.504 e. The number of phenols is 4. The summed E-state index contributed by atoms with van der Waals surface area (Å²) in [5, 5.41) is 47.0. The number of aliphatic hydroxyl groups excluding tert-OH is 1. The van der Waals surface area contributed by atoms with Gasteiger partial charge in [0.25, 0.3) is 0 Å². The number of aromatic hydroxyl groups is 4. The summed E-state index contributed by atoms with van der Waals surface area (Å²) < 4.78 is 0.